The van der Waals surface area contributed by atoms with E-state index in [9.17, 15) is 8.42 Å². The molecule has 1 saturated heterocycles. The maximum absolute atomic E-state index is 12.8. The second kappa shape index (κ2) is 6.90. The minimum atomic E-state index is -3.47. The van der Waals surface area contributed by atoms with Crippen LogP contribution in [0.4, 0.5) is 0 Å². The van der Waals surface area contributed by atoms with Gasteiger partial charge in [-0.2, -0.15) is 19.3 Å². The molecule has 1 aromatic carbocycles. The molecule has 1 aliphatic rings. The lowest BCUT2D eigenvalue weighted by Crippen LogP contribution is -2.39. The number of aromatic nitrogens is 3. The summed E-state index contributed by atoms with van der Waals surface area (Å²) in [5.41, 5.74) is 0. The summed E-state index contributed by atoms with van der Waals surface area (Å²) in [5, 5.41) is 8.28. The average Bonchev–Trinajstić information content (AvgIpc) is 3.09. The maximum Gasteiger partial charge on any atom is 0.243 e. The van der Waals surface area contributed by atoms with Gasteiger partial charge in [-0.1, -0.05) is 0 Å². The van der Waals surface area contributed by atoms with Gasteiger partial charge in [0.15, 0.2) is 0 Å². The highest BCUT2D eigenvalue weighted by atomic mass is 32.2. The van der Waals surface area contributed by atoms with Crippen molar-refractivity contribution in [1.82, 2.24) is 19.3 Å². The zero-order valence-corrected chi connectivity index (χ0v) is 14.7. The van der Waals surface area contributed by atoms with Crippen molar-refractivity contribution >= 4 is 10.0 Å². The molecule has 24 heavy (non-hydrogen) atoms. The van der Waals surface area contributed by atoms with E-state index in [1.165, 1.54) is 4.31 Å². The van der Waals surface area contributed by atoms with Gasteiger partial charge in [-0.15, -0.1) is 0 Å². The van der Waals surface area contributed by atoms with E-state index >= 15 is 0 Å². The number of nitrogens with zero attached hydrogens (tertiary/aromatic N) is 4. The molecule has 0 N–H and O–H groups in total. The zero-order valence-electron chi connectivity index (χ0n) is 13.9. The van der Waals surface area contributed by atoms with Crippen molar-refractivity contribution in [3.63, 3.8) is 0 Å². The summed E-state index contributed by atoms with van der Waals surface area (Å²) in [6.45, 7) is 4.81. The third-order valence-electron chi connectivity index (χ3n) is 4.02. The van der Waals surface area contributed by atoms with Crippen LogP contribution in [-0.4, -0.2) is 46.9 Å². The Labute approximate surface area is 142 Å². The van der Waals surface area contributed by atoms with Crippen LogP contribution >= 0.6 is 0 Å². The van der Waals surface area contributed by atoms with Crippen LogP contribution in [0.2, 0.25) is 0 Å². The van der Waals surface area contributed by atoms with E-state index in [4.69, 9.17) is 4.74 Å². The van der Waals surface area contributed by atoms with Gasteiger partial charge < -0.3 is 4.74 Å². The van der Waals surface area contributed by atoms with E-state index < -0.39 is 10.0 Å². The highest BCUT2D eigenvalue weighted by Crippen LogP contribution is 2.26. The molecule has 2 heterocycles. The van der Waals surface area contributed by atoms with Gasteiger partial charge in [0.1, 0.15) is 5.75 Å². The Hall–Kier alpha value is -1.93. The summed E-state index contributed by atoms with van der Waals surface area (Å²) in [7, 11) is -3.47. The van der Waals surface area contributed by atoms with Gasteiger partial charge in [0.05, 0.1) is 29.4 Å². The van der Waals surface area contributed by atoms with E-state index in [0.29, 0.717) is 36.6 Å². The van der Waals surface area contributed by atoms with E-state index in [-0.39, 0.29) is 12.1 Å². The normalized spacial score (nSPS) is 17.3. The second-order valence-corrected chi connectivity index (χ2v) is 8.06. The lowest BCUT2D eigenvalue weighted by molar-refractivity contribution is 0.242. The van der Waals surface area contributed by atoms with Crippen LogP contribution in [0.3, 0.4) is 0 Å². The third kappa shape index (κ3) is 3.59. The highest BCUT2D eigenvalue weighted by Gasteiger charge is 2.30. The molecule has 3 rings (SSSR count). The maximum atomic E-state index is 12.8. The molecule has 8 heteroatoms. The molecule has 0 amide bonds. The van der Waals surface area contributed by atoms with Crippen molar-refractivity contribution in [1.29, 1.82) is 0 Å². The Kier molecular flexibility index (Phi) is 4.86. The molecular weight excluding hydrogens is 328 g/mol. The Morgan fingerprint density at radius 3 is 2.21 bits per heavy atom. The summed E-state index contributed by atoms with van der Waals surface area (Å²) in [4.78, 5) is 1.97. The number of ether oxygens (including phenoxy) is 1. The monoisotopic (exact) mass is 350 g/mol. The number of benzene rings is 1. The minimum Gasteiger partial charge on any atom is -0.491 e. The molecule has 1 fully saturated rings. The van der Waals surface area contributed by atoms with Crippen LogP contribution in [0.15, 0.2) is 41.6 Å². The number of rotatable bonds is 5. The molecule has 1 aliphatic heterocycles. The van der Waals surface area contributed by atoms with Gasteiger partial charge in [-0.3, -0.25) is 0 Å². The molecule has 0 unspecified atom stereocenters. The van der Waals surface area contributed by atoms with Gasteiger partial charge in [0.25, 0.3) is 0 Å². The SMILES string of the molecule is CC(C)Oc1ccc(S(=O)(=O)N2CCC(n3nccn3)CC2)cc1. The predicted molar refractivity (Wildman–Crippen MR) is 89.3 cm³/mol. The van der Waals surface area contributed by atoms with Crippen LogP contribution < -0.4 is 4.74 Å². The molecule has 0 bridgehead atoms. The molecule has 0 atom stereocenters. The van der Waals surface area contributed by atoms with Crippen molar-refractivity contribution in [2.24, 2.45) is 0 Å². The number of sulfonamides is 1. The van der Waals surface area contributed by atoms with Crippen molar-refractivity contribution in [2.75, 3.05) is 13.1 Å². The summed E-state index contributed by atoms with van der Waals surface area (Å²) >= 11 is 0. The van der Waals surface area contributed by atoms with Gasteiger partial charge in [-0.25, -0.2) is 8.42 Å². The van der Waals surface area contributed by atoms with Crippen molar-refractivity contribution in [3.8, 4) is 5.75 Å². The number of hydrogen-bond acceptors (Lipinski definition) is 5. The molecule has 7 nitrogen and oxygen atoms in total. The van der Waals surface area contributed by atoms with Crippen LogP contribution in [0.1, 0.15) is 32.7 Å². The predicted octanol–water partition coefficient (Wildman–Crippen LogP) is 2.09. The summed E-state index contributed by atoms with van der Waals surface area (Å²) in [5.74, 6) is 0.674. The number of hydrogen-bond donors (Lipinski definition) is 0. The largest absolute Gasteiger partial charge is 0.491 e. The fourth-order valence-corrected chi connectivity index (χ4v) is 4.31. The molecular formula is C16H22N4O3S. The van der Waals surface area contributed by atoms with E-state index in [2.05, 4.69) is 10.2 Å². The molecule has 2 aromatic rings. The van der Waals surface area contributed by atoms with Crippen LogP contribution in [-0.2, 0) is 10.0 Å². The molecule has 130 valence electrons. The van der Waals surface area contributed by atoms with E-state index in [1.807, 2.05) is 13.8 Å². The van der Waals surface area contributed by atoms with Crippen molar-refractivity contribution in [3.05, 3.63) is 36.7 Å². The fraction of sp³-hybridized carbons (Fsp3) is 0.500. The van der Waals surface area contributed by atoms with Gasteiger partial charge in [0, 0.05) is 13.1 Å². The number of piperidine rings is 1. The van der Waals surface area contributed by atoms with Crippen molar-refractivity contribution < 1.29 is 13.2 Å². The molecule has 0 radical (unpaired) electrons. The lowest BCUT2D eigenvalue weighted by Gasteiger charge is -2.30. The zero-order chi connectivity index (χ0) is 17.2. The van der Waals surface area contributed by atoms with E-state index in [0.717, 1.165) is 0 Å². The van der Waals surface area contributed by atoms with Crippen molar-refractivity contribution in [2.45, 2.75) is 43.7 Å². The Balaban J connectivity index is 1.67. The molecule has 0 spiro atoms. The van der Waals surface area contributed by atoms with Crippen LogP contribution in [0.5, 0.6) is 5.75 Å². The lowest BCUT2D eigenvalue weighted by atomic mass is 10.1. The Bertz CT molecular complexity index is 749. The molecule has 1 aromatic heterocycles. The smallest absolute Gasteiger partial charge is 0.243 e. The van der Waals surface area contributed by atoms with Crippen LogP contribution in [0, 0.1) is 0 Å². The molecule has 0 saturated carbocycles. The first-order valence-corrected chi connectivity index (χ1v) is 9.53. The van der Waals surface area contributed by atoms with Gasteiger partial charge >= 0.3 is 0 Å². The Morgan fingerprint density at radius 2 is 1.67 bits per heavy atom. The first-order chi connectivity index (χ1) is 11.5. The minimum absolute atomic E-state index is 0.0578. The quantitative estimate of drug-likeness (QED) is 0.825. The average molecular weight is 350 g/mol. The summed E-state index contributed by atoms with van der Waals surface area (Å²) in [6, 6.07) is 6.77. The fourth-order valence-electron chi connectivity index (χ4n) is 2.84. The molecule has 0 aliphatic carbocycles. The topological polar surface area (TPSA) is 77.3 Å². The third-order valence-corrected chi connectivity index (χ3v) is 5.93. The summed E-state index contributed by atoms with van der Waals surface area (Å²) in [6.07, 6.45) is 4.76. The van der Waals surface area contributed by atoms with Gasteiger partial charge in [0.2, 0.25) is 10.0 Å². The first-order valence-electron chi connectivity index (χ1n) is 8.09. The standard InChI is InChI=1S/C16H22N4O3S/c1-13(2)23-15-3-5-16(6-4-15)24(21,22)19-11-7-14(8-12-19)20-17-9-10-18-20/h3-6,9-10,13-14H,7-8,11-12H2,1-2H3. The van der Waals surface area contributed by atoms with E-state index in [1.54, 1.807) is 41.5 Å². The highest BCUT2D eigenvalue weighted by molar-refractivity contribution is 7.89. The van der Waals surface area contributed by atoms with Gasteiger partial charge in [-0.05, 0) is 51.0 Å². The first kappa shape index (κ1) is 16.9. The summed E-state index contributed by atoms with van der Waals surface area (Å²) < 4.78 is 32.6. The Morgan fingerprint density at radius 1 is 1.08 bits per heavy atom. The van der Waals surface area contributed by atoms with Crippen LogP contribution in [0.25, 0.3) is 0 Å². The second-order valence-electron chi connectivity index (χ2n) is 6.12.